The van der Waals surface area contributed by atoms with Crippen molar-refractivity contribution in [1.29, 1.82) is 5.26 Å². The SMILES string of the molecule is N#CC1=C(N)Oc2c(oc(CO)cc2=O)[C@H]1c1ccc(OC2CCCC2)cc1. The lowest BCUT2D eigenvalue weighted by atomic mass is 9.87. The number of hydrogen-bond donors (Lipinski definition) is 2. The van der Waals surface area contributed by atoms with Gasteiger partial charge in [-0.3, -0.25) is 4.79 Å². The fourth-order valence-electron chi connectivity index (χ4n) is 3.73. The van der Waals surface area contributed by atoms with E-state index in [4.69, 9.17) is 19.6 Å². The van der Waals surface area contributed by atoms with Crippen molar-refractivity contribution in [2.24, 2.45) is 5.73 Å². The molecule has 7 heteroatoms. The van der Waals surface area contributed by atoms with Crippen molar-refractivity contribution in [2.75, 3.05) is 0 Å². The molecule has 0 amide bonds. The Morgan fingerprint density at radius 3 is 2.61 bits per heavy atom. The van der Waals surface area contributed by atoms with Crippen LogP contribution in [0.5, 0.6) is 11.5 Å². The highest BCUT2D eigenvalue weighted by Crippen LogP contribution is 2.41. The summed E-state index contributed by atoms with van der Waals surface area (Å²) in [5.41, 5.74) is 6.29. The Kier molecular flexibility index (Phi) is 4.80. The maximum absolute atomic E-state index is 12.3. The molecule has 1 atom stereocenters. The van der Waals surface area contributed by atoms with Gasteiger partial charge in [-0.25, -0.2) is 0 Å². The zero-order valence-corrected chi connectivity index (χ0v) is 15.2. The number of nitrogens with two attached hydrogens (primary N) is 1. The van der Waals surface area contributed by atoms with Crippen molar-refractivity contribution >= 4 is 0 Å². The van der Waals surface area contributed by atoms with Gasteiger partial charge in [-0.2, -0.15) is 5.26 Å². The fourth-order valence-corrected chi connectivity index (χ4v) is 3.73. The second-order valence-electron chi connectivity index (χ2n) is 6.95. The van der Waals surface area contributed by atoms with Crippen molar-refractivity contribution in [3.63, 3.8) is 0 Å². The number of nitriles is 1. The van der Waals surface area contributed by atoms with Crippen LogP contribution in [0.3, 0.4) is 0 Å². The van der Waals surface area contributed by atoms with Crippen molar-refractivity contribution in [3.05, 3.63) is 69.1 Å². The predicted octanol–water partition coefficient (Wildman–Crippen LogP) is 2.67. The molecule has 2 aliphatic rings. The van der Waals surface area contributed by atoms with Gasteiger partial charge in [0.05, 0.1) is 12.0 Å². The van der Waals surface area contributed by atoms with Crippen LogP contribution in [0.1, 0.15) is 48.7 Å². The molecule has 1 saturated carbocycles. The van der Waals surface area contributed by atoms with E-state index in [0.717, 1.165) is 24.7 Å². The van der Waals surface area contributed by atoms with E-state index in [1.165, 1.54) is 12.8 Å². The quantitative estimate of drug-likeness (QED) is 0.837. The van der Waals surface area contributed by atoms with Gasteiger partial charge in [0, 0.05) is 6.07 Å². The molecule has 4 rings (SSSR count). The van der Waals surface area contributed by atoms with E-state index >= 15 is 0 Å². The third-order valence-electron chi connectivity index (χ3n) is 5.10. The lowest BCUT2D eigenvalue weighted by Gasteiger charge is -2.25. The van der Waals surface area contributed by atoms with Gasteiger partial charge < -0.3 is 24.7 Å². The molecular formula is C21H20N2O5. The van der Waals surface area contributed by atoms with Crippen LogP contribution in [-0.2, 0) is 6.61 Å². The van der Waals surface area contributed by atoms with Crippen molar-refractivity contribution < 1.29 is 19.0 Å². The molecule has 0 bridgehead atoms. The van der Waals surface area contributed by atoms with E-state index in [2.05, 4.69) is 0 Å². The monoisotopic (exact) mass is 380 g/mol. The molecular weight excluding hydrogens is 360 g/mol. The summed E-state index contributed by atoms with van der Waals surface area (Å²) in [6.07, 6.45) is 4.72. The van der Waals surface area contributed by atoms with Crippen LogP contribution in [0.25, 0.3) is 0 Å². The van der Waals surface area contributed by atoms with E-state index < -0.39 is 18.0 Å². The summed E-state index contributed by atoms with van der Waals surface area (Å²) in [6, 6.07) is 10.5. The summed E-state index contributed by atoms with van der Waals surface area (Å²) in [5, 5.41) is 19.0. The van der Waals surface area contributed by atoms with E-state index in [1.54, 1.807) is 0 Å². The summed E-state index contributed by atoms with van der Waals surface area (Å²) in [4.78, 5) is 12.3. The van der Waals surface area contributed by atoms with Crippen LogP contribution in [0.2, 0.25) is 0 Å². The van der Waals surface area contributed by atoms with Gasteiger partial charge in [0.1, 0.15) is 29.8 Å². The summed E-state index contributed by atoms with van der Waals surface area (Å²) in [5.74, 6) is 0.112. The summed E-state index contributed by atoms with van der Waals surface area (Å²) in [7, 11) is 0. The van der Waals surface area contributed by atoms with Crippen LogP contribution in [0, 0.1) is 11.3 Å². The first kappa shape index (κ1) is 18.1. The fraction of sp³-hybridized carbons (Fsp3) is 0.333. The molecule has 0 unspecified atom stereocenters. The molecule has 7 nitrogen and oxygen atoms in total. The molecule has 2 aromatic rings. The zero-order chi connectivity index (χ0) is 19.7. The van der Waals surface area contributed by atoms with Crippen molar-refractivity contribution in [1.82, 2.24) is 0 Å². The predicted molar refractivity (Wildman–Crippen MR) is 99.5 cm³/mol. The van der Waals surface area contributed by atoms with Gasteiger partial charge in [-0.05, 0) is 43.4 Å². The molecule has 1 aromatic heterocycles. The van der Waals surface area contributed by atoms with Crippen LogP contribution >= 0.6 is 0 Å². The van der Waals surface area contributed by atoms with Gasteiger partial charge in [-0.1, -0.05) is 12.1 Å². The number of rotatable bonds is 4. The minimum Gasteiger partial charge on any atom is -0.490 e. The normalized spacial score (nSPS) is 19.1. The standard InChI is InChI=1S/C21H20N2O5/c22-10-16-18(12-5-7-14(8-6-12)26-13-3-1-2-4-13)20-19(28-21(16)23)17(25)9-15(11-24)27-20/h5-9,13,18,24H,1-4,11,23H2/t18-/m0/s1. The number of allylic oxidation sites excluding steroid dienone is 1. The number of hydrogen-bond acceptors (Lipinski definition) is 7. The molecule has 1 fully saturated rings. The minimum atomic E-state index is -0.700. The molecule has 0 radical (unpaired) electrons. The molecule has 1 aliphatic carbocycles. The molecule has 144 valence electrons. The summed E-state index contributed by atoms with van der Waals surface area (Å²) >= 11 is 0. The van der Waals surface area contributed by atoms with Gasteiger partial charge in [0.2, 0.25) is 17.1 Å². The zero-order valence-electron chi connectivity index (χ0n) is 15.2. The van der Waals surface area contributed by atoms with Crippen molar-refractivity contribution in [3.8, 4) is 17.6 Å². The smallest absolute Gasteiger partial charge is 0.228 e. The van der Waals surface area contributed by atoms with E-state index in [-0.39, 0.29) is 34.8 Å². The molecule has 2 heterocycles. The number of benzene rings is 1. The van der Waals surface area contributed by atoms with Crippen LogP contribution in [-0.4, -0.2) is 11.2 Å². The average Bonchev–Trinajstić information content (AvgIpc) is 3.21. The summed E-state index contributed by atoms with van der Waals surface area (Å²) < 4.78 is 17.0. The van der Waals surface area contributed by atoms with Gasteiger partial charge in [0.25, 0.3) is 0 Å². The third-order valence-corrected chi connectivity index (χ3v) is 5.10. The van der Waals surface area contributed by atoms with Crippen LogP contribution < -0.4 is 20.6 Å². The lowest BCUT2D eigenvalue weighted by Crippen LogP contribution is -2.25. The first-order chi connectivity index (χ1) is 13.6. The summed E-state index contributed by atoms with van der Waals surface area (Å²) in [6.45, 7) is -0.440. The molecule has 28 heavy (non-hydrogen) atoms. The topological polar surface area (TPSA) is 119 Å². The Morgan fingerprint density at radius 2 is 1.96 bits per heavy atom. The minimum absolute atomic E-state index is 0.0648. The number of nitrogens with zero attached hydrogens (tertiary/aromatic N) is 1. The van der Waals surface area contributed by atoms with Crippen LogP contribution in [0.15, 0.2) is 51.0 Å². The number of fused-ring (bicyclic) bond motifs is 1. The molecule has 1 aliphatic heterocycles. The van der Waals surface area contributed by atoms with Crippen LogP contribution in [0.4, 0.5) is 0 Å². The Bertz CT molecular complexity index is 1010. The highest BCUT2D eigenvalue weighted by Gasteiger charge is 2.35. The number of ether oxygens (including phenoxy) is 2. The number of aliphatic hydroxyl groups excluding tert-OH is 1. The Balaban J connectivity index is 1.74. The Labute approximate surface area is 161 Å². The highest BCUT2D eigenvalue weighted by molar-refractivity contribution is 5.52. The van der Waals surface area contributed by atoms with Gasteiger partial charge >= 0.3 is 0 Å². The highest BCUT2D eigenvalue weighted by atomic mass is 16.5. The van der Waals surface area contributed by atoms with Gasteiger partial charge in [-0.15, -0.1) is 0 Å². The Morgan fingerprint density at radius 1 is 1.25 bits per heavy atom. The first-order valence-electron chi connectivity index (χ1n) is 9.22. The Hall–Kier alpha value is -3.24. The maximum Gasteiger partial charge on any atom is 0.228 e. The molecule has 1 aromatic carbocycles. The van der Waals surface area contributed by atoms with Crippen molar-refractivity contribution in [2.45, 2.75) is 44.3 Å². The molecule has 3 N–H and O–H groups in total. The number of aliphatic hydroxyl groups is 1. The molecule has 0 spiro atoms. The first-order valence-corrected chi connectivity index (χ1v) is 9.22. The molecule has 0 saturated heterocycles. The van der Waals surface area contributed by atoms with E-state index in [0.29, 0.717) is 5.56 Å². The largest absolute Gasteiger partial charge is 0.490 e. The third kappa shape index (κ3) is 3.23. The van der Waals surface area contributed by atoms with Gasteiger partial charge in [0.15, 0.2) is 5.76 Å². The van der Waals surface area contributed by atoms with E-state index in [1.807, 2.05) is 30.3 Å². The second-order valence-corrected chi connectivity index (χ2v) is 6.95. The lowest BCUT2D eigenvalue weighted by molar-refractivity contribution is 0.210. The second kappa shape index (κ2) is 7.41. The average molecular weight is 380 g/mol. The maximum atomic E-state index is 12.3. The van der Waals surface area contributed by atoms with E-state index in [9.17, 15) is 15.2 Å².